The van der Waals surface area contributed by atoms with Crippen LogP contribution >= 0.6 is 11.6 Å². The summed E-state index contributed by atoms with van der Waals surface area (Å²) >= 11 is 5.97. The highest BCUT2D eigenvalue weighted by molar-refractivity contribution is 6.30. The number of halogens is 1. The van der Waals surface area contributed by atoms with Crippen LogP contribution in [0.5, 0.6) is 17.5 Å². The maximum absolute atomic E-state index is 11.5. The Morgan fingerprint density at radius 2 is 1.79 bits per heavy atom. The van der Waals surface area contributed by atoms with E-state index in [2.05, 4.69) is 16.6 Å². The molecule has 0 radical (unpaired) electrons. The van der Waals surface area contributed by atoms with E-state index in [1.54, 1.807) is 30.5 Å². The molecule has 6 nitrogen and oxygen atoms in total. The summed E-state index contributed by atoms with van der Waals surface area (Å²) in [5.74, 6) is 0.778. The van der Waals surface area contributed by atoms with Gasteiger partial charge in [0.2, 0.25) is 0 Å². The van der Waals surface area contributed by atoms with Crippen molar-refractivity contribution in [2.45, 2.75) is 26.2 Å². The molecule has 0 atom stereocenters. The Balaban J connectivity index is 1.71. The van der Waals surface area contributed by atoms with Crippen molar-refractivity contribution < 1.29 is 19.0 Å². The van der Waals surface area contributed by atoms with Crippen LogP contribution < -0.4 is 9.47 Å². The number of hydrogen-bond donors (Lipinski definition) is 0. The molecule has 0 aliphatic rings. The minimum atomic E-state index is -0.431. The number of rotatable bonds is 9. The molecule has 0 bridgehead atoms. The Morgan fingerprint density at radius 3 is 2.56 bits per heavy atom. The number of carbonyl (C=O) groups excluding carboxylic acids is 1. The van der Waals surface area contributed by atoms with Gasteiger partial charge in [0.25, 0.3) is 0 Å². The van der Waals surface area contributed by atoms with Crippen molar-refractivity contribution >= 4 is 28.3 Å². The van der Waals surface area contributed by atoms with Gasteiger partial charge in [-0.15, -0.1) is 0 Å². The Bertz CT molecular complexity index is 1290. The molecule has 0 N–H and O–H groups in total. The fraction of sp³-hybridized carbons (Fsp3) is 0.222. The van der Waals surface area contributed by atoms with Crippen LogP contribution in [0.2, 0.25) is 5.02 Å². The van der Waals surface area contributed by atoms with Crippen molar-refractivity contribution in [2.24, 2.45) is 0 Å². The number of aromatic nitrogens is 2. The molecule has 4 aromatic rings. The van der Waals surface area contributed by atoms with E-state index in [1.165, 1.54) is 7.11 Å². The molecule has 0 unspecified atom stereocenters. The number of benzene rings is 3. The Hall–Kier alpha value is -3.64. The topological polar surface area (TPSA) is 70.5 Å². The monoisotopic (exact) mass is 476 g/mol. The van der Waals surface area contributed by atoms with Crippen LogP contribution in [0.25, 0.3) is 21.9 Å². The minimum Gasteiger partial charge on any atom is -0.482 e. The summed E-state index contributed by atoms with van der Waals surface area (Å²) in [5.41, 5.74) is 2.84. The lowest BCUT2D eigenvalue weighted by Gasteiger charge is -2.14. The quantitative estimate of drug-likeness (QED) is 0.252. The summed E-state index contributed by atoms with van der Waals surface area (Å²) in [4.78, 5) is 20.7. The molecule has 0 amide bonds. The van der Waals surface area contributed by atoms with Gasteiger partial charge in [0.05, 0.1) is 12.8 Å². The maximum Gasteiger partial charge on any atom is 0.343 e. The summed E-state index contributed by atoms with van der Waals surface area (Å²) in [6.45, 7) is 2.00. The van der Waals surface area contributed by atoms with E-state index in [1.807, 2.05) is 36.4 Å². The third-order valence-corrected chi connectivity index (χ3v) is 5.62. The lowest BCUT2D eigenvalue weighted by molar-refractivity contribution is -0.142. The number of hydrogen-bond acceptors (Lipinski definition) is 6. The van der Waals surface area contributed by atoms with E-state index < -0.39 is 5.97 Å². The Kier molecular flexibility index (Phi) is 7.60. The summed E-state index contributed by atoms with van der Waals surface area (Å²) in [6.07, 6.45) is 4.63. The lowest BCUT2D eigenvalue weighted by atomic mass is 9.96. The molecule has 0 saturated carbocycles. The Labute approximate surface area is 203 Å². The average Bonchev–Trinajstić information content (AvgIpc) is 2.87. The predicted octanol–water partition coefficient (Wildman–Crippen LogP) is 6.64. The predicted molar refractivity (Wildman–Crippen MR) is 133 cm³/mol. The largest absolute Gasteiger partial charge is 0.482 e. The van der Waals surface area contributed by atoms with E-state index in [0.717, 1.165) is 46.9 Å². The Morgan fingerprint density at radius 1 is 1.00 bits per heavy atom. The van der Waals surface area contributed by atoms with E-state index in [4.69, 9.17) is 26.1 Å². The van der Waals surface area contributed by atoms with Crippen LogP contribution in [0.1, 0.15) is 25.5 Å². The van der Waals surface area contributed by atoms with Crippen LogP contribution in [-0.4, -0.2) is 29.7 Å². The van der Waals surface area contributed by atoms with Crippen molar-refractivity contribution in [1.82, 2.24) is 9.97 Å². The third kappa shape index (κ3) is 5.64. The van der Waals surface area contributed by atoms with Gasteiger partial charge in [-0.1, -0.05) is 49.2 Å². The zero-order valence-electron chi connectivity index (χ0n) is 19.1. The van der Waals surface area contributed by atoms with Crippen LogP contribution in [-0.2, 0) is 16.0 Å². The smallest absolute Gasteiger partial charge is 0.343 e. The van der Waals surface area contributed by atoms with E-state index in [-0.39, 0.29) is 6.61 Å². The molecule has 7 heteroatoms. The van der Waals surface area contributed by atoms with Gasteiger partial charge < -0.3 is 14.2 Å². The van der Waals surface area contributed by atoms with Crippen molar-refractivity contribution in [3.63, 3.8) is 0 Å². The first-order chi connectivity index (χ1) is 16.6. The van der Waals surface area contributed by atoms with Crippen molar-refractivity contribution in [2.75, 3.05) is 13.7 Å². The second-order valence-corrected chi connectivity index (χ2v) is 8.16. The number of nitrogens with zero attached hydrogens (tertiary/aromatic N) is 2. The van der Waals surface area contributed by atoms with Gasteiger partial charge >= 0.3 is 12.0 Å². The lowest BCUT2D eigenvalue weighted by Crippen LogP contribution is -2.12. The van der Waals surface area contributed by atoms with Gasteiger partial charge in [0.1, 0.15) is 11.5 Å². The normalized spacial score (nSPS) is 10.8. The molecule has 0 spiro atoms. The molecule has 3 aromatic carbocycles. The van der Waals surface area contributed by atoms with Crippen molar-refractivity contribution in [3.05, 3.63) is 77.6 Å². The molecule has 1 aromatic heterocycles. The zero-order valence-corrected chi connectivity index (χ0v) is 19.8. The van der Waals surface area contributed by atoms with E-state index in [0.29, 0.717) is 22.5 Å². The number of esters is 1. The van der Waals surface area contributed by atoms with Gasteiger partial charge in [-0.3, -0.25) is 0 Å². The second kappa shape index (κ2) is 11.0. The fourth-order valence-electron chi connectivity index (χ4n) is 3.59. The highest BCUT2D eigenvalue weighted by Crippen LogP contribution is 2.34. The summed E-state index contributed by atoms with van der Waals surface area (Å²) < 4.78 is 16.1. The first kappa shape index (κ1) is 23.5. The van der Waals surface area contributed by atoms with Crippen LogP contribution in [0.4, 0.5) is 0 Å². The number of aryl methyl sites for hydroxylation is 1. The molecular weight excluding hydrogens is 452 g/mol. The van der Waals surface area contributed by atoms with E-state index >= 15 is 0 Å². The van der Waals surface area contributed by atoms with Crippen LogP contribution in [0, 0.1) is 0 Å². The first-order valence-electron chi connectivity index (χ1n) is 11.1. The molecule has 0 saturated heterocycles. The third-order valence-electron chi connectivity index (χ3n) is 5.36. The van der Waals surface area contributed by atoms with Crippen molar-refractivity contribution in [3.8, 4) is 28.6 Å². The highest BCUT2D eigenvalue weighted by atomic mass is 35.5. The highest BCUT2D eigenvalue weighted by Gasteiger charge is 2.14. The molecule has 4 rings (SSSR count). The first-order valence-corrected chi connectivity index (χ1v) is 11.5. The zero-order chi connectivity index (χ0) is 23.9. The maximum atomic E-state index is 11.5. The van der Waals surface area contributed by atoms with Crippen LogP contribution in [0.15, 0.2) is 66.9 Å². The number of ether oxygens (including phenoxy) is 3. The van der Waals surface area contributed by atoms with Crippen molar-refractivity contribution in [1.29, 1.82) is 0 Å². The average molecular weight is 477 g/mol. The van der Waals surface area contributed by atoms with Gasteiger partial charge in [0.15, 0.2) is 6.61 Å². The van der Waals surface area contributed by atoms with E-state index in [9.17, 15) is 4.79 Å². The SMILES string of the molecule is CCCCc1nc(Oc2ccc(Cl)cc2)ncc1-c1cccc2ccc(OCC(=O)OC)cc12. The number of fused-ring (bicyclic) bond motifs is 1. The second-order valence-electron chi connectivity index (χ2n) is 7.73. The number of unbranched alkanes of at least 4 members (excludes halogenated alkanes) is 1. The molecule has 174 valence electrons. The van der Waals surface area contributed by atoms with Gasteiger partial charge in [-0.25, -0.2) is 9.78 Å². The van der Waals surface area contributed by atoms with Gasteiger partial charge in [-0.05, 0) is 65.6 Å². The van der Waals surface area contributed by atoms with Gasteiger partial charge in [-0.2, -0.15) is 4.98 Å². The molecule has 0 fully saturated rings. The molecule has 0 aliphatic heterocycles. The molecule has 1 heterocycles. The molecular formula is C27H25ClN2O4. The minimum absolute atomic E-state index is 0.147. The number of methoxy groups -OCH3 is 1. The number of carbonyl (C=O) groups is 1. The van der Waals surface area contributed by atoms with Crippen LogP contribution in [0.3, 0.4) is 0 Å². The summed E-state index contributed by atoms with van der Waals surface area (Å²) in [7, 11) is 1.34. The fourth-order valence-corrected chi connectivity index (χ4v) is 3.72. The molecule has 0 aliphatic carbocycles. The standard InChI is InChI=1S/C27H25ClN2O4/c1-3-4-8-25-24(16-29-27(30-25)34-20-13-10-19(28)11-14-20)22-7-5-6-18-9-12-21(15-23(18)22)33-17-26(31)32-2/h5-7,9-16H,3-4,8,17H2,1-2H3. The molecule has 34 heavy (non-hydrogen) atoms. The van der Waals surface area contributed by atoms with Gasteiger partial charge in [0, 0.05) is 16.8 Å². The summed E-state index contributed by atoms with van der Waals surface area (Å²) in [5, 5.41) is 2.67. The summed E-state index contributed by atoms with van der Waals surface area (Å²) in [6, 6.07) is 19.2.